The highest BCUT2D eigenvalue weighted by Gasteiger charge is 2.11. The fourth-order valence-electron chi connectivity index (χ4n) is 1.61. The molecule has 110 valence electrons. The maximum absolute atomic E-state index is 10.7. The van der Waals surface area contributed by atoms with E-state index in [1.165, 1.54) is 26.4 Å². The molecule has 0 aliphatic heterocycles. The molecule has 0 bridgehead atoms. The van der Waals surface area contributed by atoms with Gasteiger partial charge in [0, 0.05) is 6.07 Å². The number of benzene rings is 1. The van der Waals surface area contributed by atoms with Crippen molar-refractivity contribution in [1.29, 1.82) is 0 Å². The van der Waals surface area contributed by atoms with Crippen LogP contribution >= 0.6 is 11.6 Å². The van der Waals surface area contributed by atoms with Crippen LogP contribution in [0.2, 0.25) is 5.02 Å². The molecule has 0 amide bonds. The van der Waals surface area contributed by atoms with Gasteiger partial charge in [-0.3, -0.25) is 0 Å². The minimum absolute atomic E-state index is 0.139. The molecule has 21 heavy (non-hydrogen) atoms. The number of nitrogens with zero attached hydrogens (tertiary/aromatic N) is 2. The monoisotopic (exact) mass is 309 g/mol. The summed E-state index contributed by atoms with van der Waals surface area (Å²) in [6.45, 7) is 0. The van der Waals surface area contributed by atoms with Crippen LogP contribution in [0.25, 0.3) is 0 Å². The van der Waals surface area contributed by atoms with Crippen LogP contribution in [0.4, 0.5) is 11.5 Å². The molecule has 1 aromatic carbocycles. The number of aromatic nitrogens is 2. The van der Waals surface area contributed by atoms with Gasteiger partial charge in [0.15, 0.2) is 11.5 Å². The van der Waals surface area contributed by atoms with Gasteiger partial charge in [-0.2, -0.15) is 0 Å². The lowest BCUT2D eigenvalue weighted by atomic mass is 10.2. The first kappa shape index (κ1) is 14.9. The topological polar surface area (TPSA) is 93.6 Å². The van der Waals surface area contributed by atoms with Crippen LogP contribution in [0, 0.1) is 0 Å². The second-order valence-electron chi connectivity index (χ2n) is 3.92. The van der Waals surface area contributed by atoms with E-state index in [9.17, 15) is 4.79 Å². The first-order chi connectivity index (χ1) is 10.0. The summed E-state index contributed by atoms with van der Waals surface area (Å²) < 4.78 is 10.3. The molecule has 0 aliphatic carbocycles. The molecule has 0 fully saturated rings. The second kappa shape index (κ2) is 6.27. The van der Waals surface area contributed by atoms with Crippen LogP contribution in [0.1, 0.15) is 10.5 Å². The van der Waals surface area contributed by atoms with Crippen LogP contribution in [0.15, 0.2) is 24.3 Å². The Bertz CT molecular complexity index is 661. The van der Waals surface area contributed by atoms with E-state index >= 15 is 0 Å². The zero-order valence-electron chi connectivity index (χ0n) is 11.3. The lowest BCUT2D eigenvalue weighted by molar-refractivity contribution is 0.0689. The van der Waals surface area contributed by atoms with Gasteiger partial charge < -0.3 is 19.9 Å². The highest BCUT2D eigenvalue weighted by Crippen LogP contribution is 2.36. The van der Waals surface area contributed by atoms with E-state index in [1.54, 1.807) is 12.1 Å². The maximum Gasteiger partial charge on any atom is 0.356 e. The number of halogens is 1. The van der Waals surface area contributed by atoms with Crippen molar-refractivity contribution in [2.75, 3.05) is 19.5 Å². The summed E-state index contributed by atoms with van der Waals surface area (Å²) in [7, 11) is 3.01. The van der Waals surface area contributed by atoms with Crippen LogP contribution in [0.5, 0.6) is 11.5 Å². The van der Waals surface area contributed by atoms with Crippen LogP contribution in [-0.4, -0.2) is 35.5 Å². The van der Waals surface area contributed by atoms with E-state index < -0.39 is 5.97 Å². The lowest BCUT2D eigenvalue weighted by Crippen LogP contribution is -2.04. The predicted octanol–water partition coefficient (Wildman–Crippen LogP) is 2.59. The molecule has 0 aliphatic rings. The zero-order chi connectivity index (χ0) is 15.4. The zero-order valence-corrected chi connectivity index (χ0v) is 12.0. The molecule has 7 nitrogen and oxygen atoms in total. The van der Waals surface area contributed by atoms with Gasteiger partial charge in [-0.15, -0.1) is 10.2 Å². The van der Waals surface area contributed by atoms with Gasteiger partial charge in [0.05, 0.1) is 24.9 Å². The number of carbonyl (C=O) groups is 1. The van der Waals surface area contributed by atoms with Gasteiger partial charge >= 0.3 is 5.97 Å². The third-order valence-electron chi connectivity index (χ3n) is 2.62. The molecule has 0 unspecified atom stereocenters. The van der Waals surface area contributed by atoms with Gasteiger partial charge in [-0.25, -0.2) is 4.79 Å². The van der Waals surface area contributed by atoms with E-state index in [1.807, 2.05) is 0 Å². The van der Waals surface area contributed by atoms with E-state index in [0.717, 1.165) is 0 Å². The van der Waals surface area contributed by atoms with Gasteiger partial charge in [0.2, 0.25) is 0 Å². The Balaban J connectivity index is 2.30. The minimum Gasteiger partial charge on any atom is -0.495 e. The third-order valence-corrected chi connectivity index (χ3v) is 2.92. The highest BCUT2D eigenvalue weighted by atomic mass is 35.5. The fraction of sp³-hybridized carbons (Fsp3) is 0.154. The number of methoxy groups -OCH3 is 2. The molecule has 2 aromatic rings. The normalized spacial score (nSPS) is 10.0. The number of rotatable bonds is 5. The number of anilines is 2. The molecule has 2 N–H and O–H groups in total. The van der Waals surface area contributed by atoms with E-state index in [0.29, 0.717) is 28.0 Å². The molecular weight excluding hydrogens is 298 g/mol. The summed E-state index contributed by atoms with van der Waals surface area (Å²) in [5.74, 6) is 0.199. The van der Waals surface area contributed by atoms with Gasteiger partial charge in [-0.05, 0) is 18.2 Å². The fourth-order valence-corrected chi connectivity index (χ4v) is 1.85. The Kier molecular flexibility index (Phi) is 4.44. The predicted molar refractivity (Wildman–Crippen MR) is 76.8 cm³/mol. The average molecular weight is 310 g/mol. The molecule has 1 heterocycles. The van der Waals surface area contributed by atoms with E-state index in [2.05, 4.69) is 15.5 Å². The number of hydrogen-bond acceptors (Lipinski definition) is 6. The minimum atomic E-state index is -1.14. The highest BCUT2D eigenvalue weighted by molar-refractivity contribution is 6.32. The van der Waals surface area contributed by atoms with Crippen molar-refractivity contribution >= 4 is 29.1 Å². The Morgan fingerprint density at radius 3 is 2.43 bits per heavy atom. The van der Waals surface area contributed by atoms with E-state index in [-0.39, 0.29) is 5.69 Å². The summed E-state index contributed by atoms with van der Waals surface area (Å²) in [5, 5.41) is 19.5. The Morgan fingerprint density at radius 1 is 1.19 bits per heavy atom. The third kappa shape index (κ3) is 3.32. The summed E-state index contributed by atoms with van der Waals surface area (Å²) >= 11 is 6.06. The molecule has 0 atom stereocenters. The van der Waals surface area contributed by atoms with Crippen LogP contribution in [-0.2, 0) is 0 Å². The van der Waals surface area contributed by atoms with Crippen molar-refractivity contribution in [2.45, 2.75) is 0 Å². The SMILES string of the molecule is COc1cc(OC)c(Nc2ccc(C(=O)O)nn2)cc1Cl. The number of ether oxygens (including phenoxy) is 2. The quantitative estimate of drug-likeness (QED) is 0.876. The van der Waals surface area contributed by atoms with Crippen molar-refractivity contribution in [2.24, 2.45) is 0 Å². The number of carboxylic acid groups (broad SMARTS) is 1. The largest absolute Gasteiger partial charge is 0.495 e. The summed E-state index contributed by atoms with van der Waals surface area (Å²) in [6.07, 6.45) is 0. The first-order valence-corrected chi connectivity index (χ1v) is 6.18. The van der Waals surface area contributed by atoms with Crippen LogP contribution < -0.4 is 14.8 Å². The van der Waals surface area contributed by atoms with Crippen molar-refractivity contribution in [3.05, 3.63) is 35.0 Å². The smallest absolute Gasteiger partial charge is 0.356 e. The van der Waals surface area contributed by atoms with E-state index in [4.69, 9.17) is 26.2 Å². The number of aromatic carboxylic acids is 1. The average Bonchev–Trinajstić information content (AvgIpc) is 2.48. The van der Waals surface area contributed by atoms with Gasteiger partial charge in [0.1, 0.15) is 11.5 Å². The second-order valence-corrected chi connectivity index (χ2v) is 4.33. The first-order valence-electron chi connectivity index (χ1n) is 5.80. The molecule has 0 radical (unpaired) electrons. The lowest BCUT2D eigenvalue weighted by Gasteiger charge is -2.13. The molecular formula is C13H12ClN3O4. The van der Waals surface area contributed by atoms with Crippen LogP contribution in [0.3, 0.4) is 0 Å². The van der Waals surface area contributed by atoms with Gasteiger partial charge in [0.25, 0.3) is 0 Å². The summed E-state index contributed by atoms with van der Waals surface area (Å²) in [6, 6.07) is 6.08. The maximum atomic E-state index is 10.7. The summed E-state index contributed by atoms with van der Waals surface area (Å²) in [4.78, 5) is 10.7. The Labute approximate surface area is 125 Å². The van der Waals surface area contributed by atoms with Crippen molar-refractivity contribution in [1.82, 2.24) is 10.2 Å². The molecule has 1 aromatic heterocycles. The van der Waals surface area contributed by atoms with Gasteiger partial charge in [-0.1, -0.05) is 11.6 Å². The standard InChI is InChI=1S/C13H12ClN3O4/c1-20-10-6-11(21-2)9(5-7(10)14)15-12-4-3-8(13(18)19)16-17-12/h3-6H,1-2H3,(H,15,17)(H,18,19). The molecule has 2 rings (SSSR count). The number of carboxylic acids is 1. The molecule has 0 saturated heterocycles. The van der Waals surface area contributed by atoms with Crippen molar-refractivity contribution in [3.8, 4) is 11.5 Å². The molecule has 0 saturated carbocycles. The Morgan fingerprint density at radius 2 is 1.90 bits per heavy atom. The van der Waals surface area contributed by atoms with Crippen molar-refractivity contribution < 1.29 is 19.4 Å². The number of nitrogens with one attached hydrogen (secondary N) is 1. The molecule has 0 spiro atoms. The summed E-state index contributed by atoms with van der Waals surface area (Å²) in [5.41, 5.74) is 0.418. The Hall–Kier alpha value is -2.54. The molecule has 8 heteroatoms. The number of hydrogen-bond donors (Lipinski definition) is 2. The van der Waals surface area contributed by atoms with Crippen molar-refractivity contribution in [3.63, 3.8) is 0 Å².